The highest BCUT2D eigenvalue weighted by Crippen LogP contribution is 2.39. The average molecular weight is 264 g/mol. The van der Waals surface area contributed by atoms with Crippen LogP contribution in [0.1, 0.15) is 50.4 Å². The summed E-state index contributed by atoms with van der Waals surface area (Å²) in [5.41, 5.74) is 1.03. The number of hydrogen-bond acceptors (Lipinski definition) is 5. The Morgan fingerprint density at radius 1 is 1.26 bits per heavy atom. The van der Waals surface area contributed by atoms with Crippen LogP contribution in [0.15, 0.2) is 0 Å². The van der Waals surface area contributed by atoms with Crippen LogP contribution in [0.2, 0.25) is 0 Å². The minimum Gasteiger partial charge on any atom is -0.394 e. The van der Waals surface area contributed by atoms with Gasteiger partial charge in [-0.3, -0.25) is 0 Å². The number of hydrogen-bond donors (Lipinski definition) is 3. The van der Waals surface area contributed by atoms with Crippen molar-refractivity contribution >= 4 is 11.6 Å². The first kappa shape index (κ1) is 14.1. The summed E-state index contributed by atoms with van der Waals surface area (Å²) in [5.74, 6) is 3.22. The highest BCUT2D eigenvalue weighted by atomic mass is 16.3. The van der Waals surface area contributed by atoms with E-state index in [-0.39, 0.29) is 12.6 Å². The van der Waals surface area contributed by atoms with E-state index in [1.54, 1.807) is 0 Å². The lowest BCUT2D eigenvalue weighted by Crippen LogP contribution is -2.24. The zero-order valence-corrected chi connectivity index (χ0v) is 12.0. The van der Waals surface area contributed by atoms with Crippen LogP contribution in [0, 0.1) is 6.92 Å². The monoisotopic (exact) mass is 264 g/mol. The number of rotatable bonds is 7. The lowest BCUT2D eigenvalue weighted by atomic mass is 10.2. The zero-order chi connectivity index (χ0) is 13.8. The second-order valence-electron chi connectivity index (χ2n) is 5.14. The third-order valence-corrected chi connectivity index (χ3v) is 3.50. The van der Waals surface area contributed by atoms with Crippen molar-refractivity contribution in [1.29, 1.82) is 0 Å². The van der Waals surface area contributed by atoms with Crippen molar-refractivity contribution in [1.82, 2.24) is 9.97 Å². The molecule has 0 radical (unpaired) electrons. The molecule has 5 nitrogen and oxygen atoms in total. The van der Waals surface area contributed by atoms with Gasteiger partial charge in [-0.25, -0.2) is 9.97 Å². The van der Waals surface area contributed by atoms with Crippen molar-refractivity contribution in [2.24, 2.45) is 0 Å². The van der Waals surface area contributed by atoms with Gasteiger partial charge in [0.05, 0.1) is 12.6 Å². The molecule has 2 rings (SSSR count). The highest BCUT2D eigenvalue weighted by Gasteiger charge is 2.28. The number of anilines is 2. The molecule has 0 bridgehead atoms. The molecule has 3 N–H and O–H groups in total. The van der Waals surface area contributed by atoms with E-state index in [0.29, 0.717) is 5.92 Å². The summed E-state index contributed by atoms with van der Waals surface area (Å²) in [6.45, 7) is 7.10. The van der Waals surface area contributed by atoms with Crippen molar-refractivity contribution in [3.63, 3.8) is 0 Å². The first-order valence-corrected chi connectivity index (χ1v) is 7.19. The molecule has 1 saturated carbocycles. The van der Waals surface area contributed by atoms with Gasteiger partial charge in [0.25, 0.3) is 0 Å². The maximum atomic E-state index is 9.32. The summed E-state index contributed by atoms with van der Waals surface area (Å²) in [4.78, 5) is 9.26. The van der Waals surface area contributed by atoms with Gasteiger partial charge >= 0.3 is 0 Å². The van der Waals surface area contributed by atoms with Gasteiger partial charge in [0.2, 0.25) is 0 Å². The standard InChI is InChI=1S/C14H24N4O/c1-4-11(8-19)16-13-9(3)12(15-5-2)17-14(18-13)10-6-7-10/h10-11,19H,4-8H2,1-3H3,(H2,15,16,17,18). The minimum atomic E-state index is 0.0510. The van der Waals surface area contributed by atoms with Crippen molar-refractivity contribution in [2.45, 2.75) is 52.0 Å². The fourth-order valence-corrected chi connectivity index (χ4v) is 2.01. The Balaban J connectivity index is 2.28. The molecule has 1 heterocycles. The quantitative estimate of drug-likeness (QED) is 0.705. The maximum Gasteiger partial charge on any atom is 0.136 e. The molecule has 0 saturated heterocycles. The van der Waals surface area contributed by atoms with Crippen molar-refractivity contribution in [3.8, 4) is 0 Å². The van der Waals surface area contributed by atoms with E-state index in [1.165, 1.54) is 12.8 Å². The van der Waals surface area contributed by atoms with E-state index in [2.05, 4.69) is 34.4 Å². The molecule has 0 aliphatic heterocycles. The maximum absolute atomic E-state index is 9.32. The van der Waals surface area contributed by atoms with Crippen LogP contribution in [0.3, 0.4) is 0 Å². The molecule has 0 aromatic carbocycles. The molecular formula is C14H24N4O. The highest BCUT2D eigenvalue weighted by molar-refractivity contribution is 5.58. The summed E-state index contributed by atoms with van der Waals surface area (Å²) in [6.07, 6.45) is 3.24. The topological polar surface area (TPSA) is 70.1 Å². The lowest BCUT2D eigenvalue weighted by molar-refractivity contribution is 0.271. The van der Waals surface area contributed by atoms with Gasteiger partial charge in [-0.2, -0.15) is 0 Å². The van der Waals surface area contributed by atoms with Crippen molar-refractivity contribution < 1.29 is 5.11 Å². The lowest BCUT2D eigenvalue weighted by Gasteiger charge is -2.19. The Morgan fingerprint density at radius 2 is 1.95 bits per heavy atom. The largest absolute Gasteiger partial charge is 0.394 e. The summed E-state index contributed by atoms with van der Waals surface area (Å²) in [6, 6.07) is 0.0510. The summed E-state index contributed by atoms with van der Waals surface area (Å²) >= 11 is 0. The molecule has 1 aliphatic carbocycles. The molecule has 0 amide bonds. The van der Waals surface area contributed by atoms with Gasteiger partial charge < -0.3 is 15.7 Å². The number of aliphatic hydroxyl groups excluding tert-OH is 1. The molecule has 106 valence electrons. The molecule has 5 heteroatoms. The van der Waals surface area contributed by atoms with Crippen LogP contribution in [-0.2, 0) is 0 Å². The smallest absolute Gasteiger partial charge is 0.136 e. The predicted octanol–water partition coefficient (Wildman–Crippen LogP) is 2.28. The van der Waals surface area contributed by atoms with Gasteiger partial charge in [0, 0.05) is 18.0 Å². The van der Waals surface area contributed by atoms with E-state index in [9.17, 15) is 5.11 Å². The third kappa shape index (κ3) is 3.35. The molecule has 1 aromatic rings. The second kappa shape index (κ2) is 6.19. The van der Waals surface area contributed by atoms with E-state index >= 15 is 0 Å². The van der Waals surface area contributed by atoms with Crippen LogP contribution in [0.5, 0.6) is 0 Å². The fraction of sp³-hybridized carbons (Fsp3) is 0.714. The summed E-state index contributed by atoms with van der Waals surface area (Å²) in [7, 11) is 0. The molecule has 1 unspecified atom stereocenters. The van der Waals surface area contributed by atoms with Gasteiger partial charge in [0.1, 0.15) is 17.5 Å². The average Bonchev–Trinajstić information content (AvgIpc) is 3.24. The number of aromatic nitrogens is 2. The van der Waals surface area contributed by atoms with E-state index < -0.39 is 0 Å². The van der Waals surface area contributed by atoms with Gasteiger partial charge in [-0.15, -0.1) is 0 Å². The van der Waals surface area contributed by atoms with Crippen molar-refractivity contribution in [2.75, 3.05) is 23.8 Å². The predicted molar refractivity (Wildman–Crippen MR) is 77.7 cm³/mol. The number of nitrogens with zero attached hydrogens (tertiary/aromatic N) is 2. The van der Waals surface area contributed by atoms with Crippen LogP contribution in [-0.4, -0.2) is 34.3 Å². The van der Waals surface area contributed by atoms with Crippen LogP contribution in [0.4, 0.5) is 11.6 Å². The Morgan fingerprint density at radius 3 is 2.47 bits per heavy atom. The van der Waals surface area contributed by atoms with Gasteiger partial charge in [-0.1, -0.05) is 6.92 Å². The molecule has 1 aliphatic rings. The molecule has 1 fully saturated rings. The van der Waals surface area contributed by atoms with E-state index in [4.69, 9.17) is 0 Å². The van der Waals surface area contributed by atoms with Crippen LogP contribution >= 0.6 is 0 Å². The number of nitrogens with one attached hydrogen (secondary N) is 2. The molecule has 1 atom stereocenters. The van der Waals surface area contributed by atoms with E-state index in [1.807, 2.05) is 6.92 Å². The fourth-order valence-electron chi connectivity index (χ4n) is 2.01. The normalized spacial score (nSPS) is 16.2. The SMILES string of the molecule is CCNc1nc(C2CC2)nc(NC(CC)CO)c1C. The Labute approximate surface area is 114 Å². The van der Waals surface area contributed by atoms with Crippen LogP contribution < -0.4 is 10.6 Å². The van der Waals surface area contributed by atoms with E-state index in [0.717, 1.165) is 36.0 Å². The van der Waals surface area contributed by atoms with Gasteiger partial charge in [-0.05, 0) is 33.1 Å². The number of aliphatic hydroxyl groups is 1. The zero-order valence-electron chi connectivity index (χ0n) is 12.0. The van der Waals surface area contributed by atoms with Crippen LogP contribution in [0.25, 0.3) is 0 Å². The Bertz CT molecular complexity index is 428. The van der Waals surface area contributed by atoms with Gasteiger partial charge in [0.15, 0.2) is 0 Å². The summed E-state index contributed by atoms with van der Waals surface area (Å²) in [5, 5.41) is 15.9. The summed E-state index contributed by atoms with van der Waals surface area (Å²) < 4.78 is 0. The molecular weight excluding hydrogens is 240 g/mol. The first-order valence-electron chi connectivity index (χ1n) is 7.19. The third-order valence-electron chi connectivity index (χ3n) is 3.50. The second-order valence-corrected chi connectivity index (χ2v) is 5.14. The Hall–Kier alpha value is -1.36. The molecule has 19 heavy (non-hydrogen) atoms. The molecule has 0 spiro atoms. The Kier molecular flexibility index (Phi) is 4.58. The molecule has 1 aromatic heterocycles. The first-order chi connectivity index (χ1) is 9.19. The minimum absolute atomic E-state index is 0.0510. The van der Waals surface area contributed by atoms with Crippen molar-refractivity contribution in [3.05, 3.63) is 11.4 Å².